The number of aryl methyl sites for hydroxylation is 1. The van der Waals surface area contributed by atoms with Gasteiger partial charge in [0.05, 0.1) is 11.6 Å². The van der Waals surface area contributed by atoms with Crippen LogP contribution in [-0.4, -0.2) is 87.0 Å². The monoisotopic (exact) mass is 634 g/mol. The van der Waals surface area contributed by atoms with E-state index in [2.05, 4.69) is 0 Å². The van der Waals surface area contributed by atoms with Crippen molar-refractivity contribution >= 4 is 29.0 Å². The highest BCUT2D eigenvalue weighted by atomic mass is 19.1. The van der Waals surface area contributed by atoms with Gasteiger partial charge in [0.2, 0.25) is 5.78 Å². The Labute approximate surface area is 263 Å². The van der Waals surface area contributed by atoms with Gasteiger partial charge in [0, 0.05) is 24.5 Å². The Bertz CT molecular complexity index is 1740. The molecule has 46 heavy (non-hydrogen) atoms. The van der Waals surface area contributed by atoms with Gasteiger partial charge in [-0.3, -0.25) is 24.1 Å². The van der Waals surface area contributed by atoms with Gasteiger partial charge in [-0.2, -0.15) is 0 Å². The lowest BCUT2D eigenvalue weighted by atomic mass is 9.57. The molecule has 6 rings (SSSR count). The van der Waals surface area contributed by atoms with E-state index in [9.17, 15) is 44.0 Å². The van der Waals surface area contributed by atoms with Crippen LogP contribution in [0.25, 0.3) is 16.9 Å². The van der Waals surface area contributed by atoms with E-state index in [1.165, 1.54) is 31.1 Å². The summed E-state index contributed by atoms with van der Waals surface area (Å²) in [5.41, 5.74) is 3.23. The summed E-state index contributed by atoms with van der Waals surface area (Å²) in [6, 6.07) is 6.10. The summed E-state index contributed by atoms with van der Waals surface area (Å²) in [6.07, 6.45) is 0.978. The fourth-order valence-corrected chi connectivity index (χ4v) is 7.70. The van der Waals surface area contributed by atoms with Gasteiger partial charge in [-0.15, -0.1) is 0 Å². The summed E-state index contributed by atoms with van der Waals surface area (Å²) in [5, 5.41) is 46.3. The molecule has 0 aromatic heterocycles. The quantitative estimate of drug-likeness (QED) is 0.283. The number of likely N-dealkylation sites (N-methyl/N-ethyl adjacent to an activating group) is 1. The standard InChI is InChI=1S/C34H35FN2O9/c1-37(2)27-21-14-17-13-20-19(15-5-8-18(35)9-6-15)12-16(7-10-22(38)23-4-3-11-46-23)28(39)25(20)29(40)24(17)31(42)34(21,45)32(43)26(30(27)41)33(36)44/h5-6,8-9,12,17,21,23,27,39-40,43,45H,3-4,7,10-11,13-14H2,1-2H3,(H2,36,44)/t17-,21-,23?,27-,34-/m1/s1. The zero-order chi connectivity index (χ0) is 33.2. The zero-order valence-corrected chi connectivity index (χ0v) is 25.4. The number of benzene rings is 2. The number of fused-ring (bicyclic) bond motifs is 3. The lowest BCUT2D eigenvalue weighted by Gasteiger charge is -2.50. The van der Waals surface area contributed by atoms with E-state index in [0.29, 0.717) is 35.3 Å². The number of nitrogens with two attached hydrogens (primary N) is 1. The lowest BCUT2D eigenvalue weighted by Crippen LogP contribution is -2.65. The molecule has 4 aliphatic rings. The van der Waals surface area contributed by atoms with Crippen molar-refractivity contribution in [3.05, 3.63) is 69.7 Å². The second-order valence-electron chi connectivity index (χ2n) is 12.7. The smallest absolute Gasteiger partial charge is 0.255 e. The van der Waals surface area contributed by atoms with Crippen LogP contribution in [-0.2, 0) is 36.8 Å². The van der Waals surface area contributed by atoms with Crippen LogP contribution >= 0.6 is 0 Å². The minimum Gasteiger partial charge on any atom is -0.508 e. The molecule has 1 amide bonds. The van der Waals surface area contributed by atoms with Gasteiger partial charge in [0.15, 0.2) is 17.2 Å². The van der Waals surface area contributed by atoms with Crippen molar-refractivity contribution in [2.24, 2.45) is 17.6 Å². The Kier molecular flexibility index (Phi) is 7.86. The van der Waals surface area contributed by atoms with Crippen LogP contribution in [0.3, 0.4) is 0 Å². The van der Waals surface area contributed by atoms with E-state index in [4.69, 9.17) is 10.5 Å². The van der Waals surface area contributed by atoms with Crippen molar-refractivity contribution in [2.75, 3.05) is 20.7 Å². The average Bonchev–Trinajstić information content (AvgIpc) is 3.54. The number of aliphatic hydroxyl groups is 3. The first kappa shape index (κ1) is 31.6. The molecule has 0 spiro atoms. The number of amides is 1. The molecule has 6 N–H and O–H groups in total. The van der Waals surface area contributed by atoms with Crippen molar-refractivity contribution in [1.29, 1.82) is 0 Å². The fraction of sp³-hybridized carbons (Fsp3) is 0.412. The number of phenolic OH excluding ortho intramolecular Hbond substituents is 1. The average molecular weight is 635 g/mol. The van der Waals surface area contributed by atoms with Gasteiger partial charge in [0.1, 0.15) is 34.8 Å². The van der Waals surface area contributed by atoms with Crippen LogP contribution in [0.5, 0.6) is 5.75 Å². The first-order valence-corrected chi connectivity index (χ1v) is 15.2. The molecule has 2 fully saturated rings. The van der Waals surface area contributed by atoms with Gasteiger partial charge >= 0.3 is 0 Å². The van der Waals surface area contributed by atoms with Crippen LogP contribution in [0.4, 0.5) is 4.39 Å². The number of carbonyl (C=O) groups is 4. The summed E-state index contributed by atoms with van der Waals surface area (Å²) in [4.78, 5) is 54.0. The van der Waals surface area contributed by atoms with Crippen LogP contribution in [0.15, 0.2) is 47.2 Å². The molecule has 1 aliphatic heterocycles. The molecule has 3 aliphatic carbocycles. The fourth-order valence-electron chi connectivity index (χ4n) is 7.70. The number of Topliss-reactive ketones (excluding diaryl/α,β-unsaturated/α-hetero) is 3. The number of halogens is 1. The van der Waals surface area contributed by atoms with E-state index in [1.54, 1.807) is 18.2 Å². The third-order valence-electron chi connectivity index (χ3n) is 9.88. The number of carbonyl (C=O) groups excluding carboxylic acids is 4. The number of aromatic hydroxyl groups is 1. The Hall–Kier alpha value is -4.39. The maximum atomic E-state index is 14.2. The summed E-state index contributed by atoms with van der Waals surface area (Å²) < 4.78 is 19.4. The number of hydrogen-bond donors (Lipinski definition) is 5. The van der Waals surface area contributed by atoms with Crippen molar-refractivity contribution in [2.45, 2.75) is 56.3 Å². The molecular weight excluding hydrogens is 599 g/mol. The van der Waals surface area contributed by atoms with E-state index in [-0.39, 0.29) is 48.4 Å². The number of hydrogen-bond acceptors (Lipinski definition) is 10. The molecule has 1 saturated heterocycles. The minimum absolute atomic E-state index is 0.0364. The van der Waals surface area contributed by atoms with Crippen LogP contribution < -0.4 is 5.73 Å². The van der Waals surface area contributed by atoms with Gasteiger partial charge in [-0.25, -0.2) is 4.39 Å². The normalized spacial score (nSPS) is 27.5. The largest absolute Gasteiger partial charge is 0.508 e. The summed E-state index contributed by atoms with van der Waals surface area (Å²) in [5.74, 6) is -8.02. The van der Waals surface area contributed by atoms with Crippen LogP contribution in [0.1, 0.15) is 42.4 Å². The van der Waals surface area contributed by atoms with E-state index in [0.717, 1.165) is 6.42 Å². The molecule has 242 valence electrons. The summed E-state index contributed by atoms with van der Waals surface area (Å²) >= 11 is 0. The third-order valence-corrected chi connectivity index (χ3v) is 9.88. The van der Waals surface area contributed by atoms with Crippen LogP contribution in [0.2, 0.25) is 0 Å². The first-order chi connectivity index (χ1) is 21.8. The Morgan fingerprint density at radius 1 is 1.13 bits per heavy atom. The number of phenols is 1. The second-order valence-corrected chi connectivity index (χ2v) is 12.7. The minimum atomic E-state index is -2.76. The number of nitrogens with zero attached hydrogens (tertiary/aromatic N) is 1. The predicted octanol–water partition coefficient (Wildman–Crippen LogP) is 2.45. The van der Waals surface area contributed by atoms with Gasteiger partial charge in [-0.1, -0.05) is 12.1 Å². The van der Waals surface area contributed by atoms with E-state index in [1.807, 2.05) is 0 Å². The molecule has 1 heterocycles. The number of aliphatic hydroxyl groups excluding tert-OH is 2. The second kappa shape index (κ2) is 11.4. The molecule has 2 aromatic rings. The molecule has 1 saturated carbocycles. The Balaban J connectivity index is 1.52. The van der Waals surface area contributed by atoms with Crippen LogP contribution in [0, 0.1) is 17.7 Å². The summed E-state index contributed by atoms with van der Waals surface area (Å²) in [7, 11) is 3.06. The zero-order valence-electron chi connectivity index (χ0n) is 25.4. The van der Waals surface area contributed by atoms with Gasteiger partial charge in [-0.05, 0) is 92.6 Å². The molecule has 12 heteroatoms. The molecule has 1 unspecified atom stereocenters. The van der Waals surface area contributed by atoms with E-state index >= 15 is 0 Å². The first-order valence-electron chi connectivity index (χ1n) is 15.2. The SMILES string of the molecule is CN(C)[C@H]1C(=O)C(C(N)=O)=C(O)[C@]2(O)C(=O)C3=C(O)c4c(O)c(CCC(=O)C5CCCO5)cc(-c5ccc(F)cc5)c4C[C@@H]3C[C@H]12. The molecule has 0 bridgehead atoms. The number of ether oxygens (including phenoxy) is 1. The Morgan fingerprint density at radius 3 is 2.43 bits per heavy atom. The van der Waals surface area contributed by atoms with Gasteiger partial charge in [0.25, 0.3) is 5.91 Å². The predicted molar refractivity (Wildman–Crippen MR) is 162 cm³/mol. The van der Waals surface area contributed by atoms with Crippen molar-refractivity contribution < 1.29 is 48.7 Å². The Morgan fingerprint density at radius 2 is 1.83 bits per heavy atom. The lowest BCUT2D eigenvalue weighted by molar-refractivity contribution is -0.153. The van der Waals surface area contributed by atoms with E-state index < -0.39 is 70.0 Å². The molecule has 5 atom stereocenters. The van der Waals surface area contributed by atoms with Crippen molar-refractivity contribution in [3.8, 4) is 16.9 Å². The number of primary amides is 1. The topological polar surface area (TPSA) is 188 Å². The molecule has 0 radical (unpaired) electrons. The number of ketones is 3. The molecule has 2 aromatic carbocycles. The molecular formula is C34H35FN2O9. The summed E-state index contributed by atoms with van der Waals surface area (Å²) in [6.45, 7) is 0.494. The molecule has 11 nitrogen and oxygen atoms in total. The highest BCUT2D eigenvalue weighted by Gasteiger charge is 2.64. The third kappa shape index (κ3) is 4.74. The highest BCUT2D eigenvalue weighted by Crippen LogP contribution is 2.54. The van der Waals surface area contributed by atoms with Crippen molar-refractivity contribution in [3.63, 3.8) is 0 Å². The highest BCUT2D eigenvalue weighted by molar-refractivity contribution is 6.24. The maximum Gasteiger partial charge on any atom is 0.255 e. The van der Waals surface area contributed by atoms with Gasteiger partial charge < -0.3 is 30.9 Å². The number of rotatable bonds is 7. The van der Waals surface area contributed by atoms with Crippen molar-refractivity contribution in [1.82, 2.24) is 4.90 Å². The maximum absolute atomic E-state index is 14.2.